The first-order valence-corrected chi connectivity index (χ1v) is 6.82. The molecular formula is C11H14FNO5S. The van der Waals surface area contributed by atoms with Gasteiger partial charge in [-0.05, 0) is 25.1 Å². The van der Waals surface area contributed by atoms with Crippen molar-refractivity contribution < 1.29 is 27.1 Å². The van der Waals surface area contributed by atoms with E-state index in [9.17, 15) is 17.6 Å². The molecule has 1 rings (SSSR count). The molecule has 19 heavy (non-hydrogen) atoms. The first kappa shape index (κ1) is 15.5. The molecule has 1 unspecified atom stereocenters. The monoisotopic (exact) mass is 291 g/mol. The van der Waals surface area contributed by atoms with Gasteiger partial charge in [-0.15, -0.1) is 0 Å². The number of halogens is 1. The van der Waals surface area contributed by atoms with Crippen LogP contribution in [0.15, 0.2) is 23.1 Å². The molecule has 0 heterocycles. The van der Waals surface area contributed by atoms with Gasteiger partial charge in [0.15, 0.2) is 0 Å². The van der Waals surface area contributed by atoms with Gasteiger partial charge in [0, 0.05) is 7.11 Å². The molecule has 1 atom stereocenters. The van der Waals surface area contributed by atoms with Crippen molar-refractivity contribution in [2.75, 3.05) is 13.7 Å². The number of esters is 1. The number of ether oxygens (including phenoxy) is 2. The third-order valence-electron chi connectivity index (χ3n) is 2.20. The van der Waals surface area contributed by atoms with Gasteiger partial charge in [0.1, 0.15) is 11.9 Å². The van der Waals surface area contributed by atoms with E-state index in [1.54, 1.807) is 6.92 Å². The van der Waals surface area contributed by atoms with Gasteiger partial charge in [-0.25, -0.2) is 22.7 Å². The van der Waals surface area contributed by atoms with Crippen molar-refractivity contribution in [3.8, 4) is 0 Å². The van der Waals surface area contributed by atoms with Crippen molar-refractivity contribution in [2.24, 2.45) is 5.14 Å². The van der Waals surface area contributed by atoms with E-state index in [0.717, 1.165) is 18.2 Å². The van der Waals surface area contributed by atoms with Crippen molar-refractivity contribution in [2.45, 2.75) is 17.9 Å². The molecule has 0 aromatic heterocycles. The molecule has 0 spiro atoms. The molecule has 0 aliphatic rings. The predicted octanol–water partition coefficient (Wildman–Crippen LogP) is 0.665. The van der Waals surface area contributed by atoms with E-state index >= 15 is 0 Å². The molecule has 0 aliphatic heterocycles. The quantitative estimate of drug-likeness (QED) is 0.804. The van der Waals surface area contributed by atoms with E-state index in [0.29, 0.717) is 0 Å². The summed E-state index contributed by atoms with van der Waals surface area (Å²) in [6.45, 7) is 1.70. The second-order valence-electron chi connectivity index (χ2n) is 3.86. The van der Waals surface area contributed by atoms with Gasteiger partial charge in [-0.2, -0.15) is 0 Å². The minimum absolute atomic E-state index is 0.141. The summed E-state index contributed by atoms with van der Waals surface area (Å²) in [6, 6.07) is 2.66. The smallest absolute Gasteiger partial charge is 0.341 e. The number of primary sulfonamides is 1. The summed E-state index contributed by atoms with van der Waals surface area (Å²) in [4.78, 5) is 11.3. The molecule has 8 heteroatoms. The Morgan fingerprint density at radius 2 is 2.11 bits per heavy atom. The first-order chi connectivity index (χ1) is 8.75. The van der Waals surface area contributed by atoms with Gasteiger partial charge in [-0.3, -0.25) is 0 Å². The Balaban J connectivity index is 3.03. The van der Waals surface area contributed by atoms with Crippen LogP contribution >= 0.6 is 0 Å². The van der Waals surface area contributed by atoms with Crippen LogP contribution in [0, 0.1) is 5.82 Å². The Labute approximate surface area is 110 Å². The zero-order chi connectivity index (χ0) is 14.6. The second kappa shape index (κ2) is 6.09. The highest BCUT2D eigenvalue weighted by Crippen LogP contribution is 2.15. The van der Waals surface area contributed by atoms with Crippen LogP contribution in [0.25, 0.3) is 0 Å². The summed E-state index contributed by atoms with van der Waals surface area (Å²) in [5, 5.41) is 4.90. The maximum atomic E-state index is 13.5. The lowest BCUT2D eigenvalue weighted by atomic mass is 10.2. The second-order valence-corrected chi connectivity index (χ2v) is 5.42. The summed E-state index contributed by atoms with van der Waals surface area (Å²) in [5.74, 6) is -1.87. The maximum absolute atomic E-state index is 13.5. The van der Waals surface area contributed by atoms with Crippen LogP contribution in [0.1, 0.15) is 17.3 Å². The van der Waals surface area contributed by atoms with Crippen molar-refractivity contribution in [1.82, 2.24) is 0 Å². The molecule has 0 saturated carbocycles. The summed E-state index contributed by atoms with van der Waals surface area (Å²) < 4.78 is 45.4. The highest BCUT2D eigenvalue weighted by molar-refractivity contribution is 7.89. The largest absolute Gasteiger partial charge is 0.457 e. The topological polar surface area (TPSA) is 95.7 Å². The summed E-state index contributed by atoms with van der Waals surface area (Å²) in [5.41, 5.74) is -0.491. The highest BCUT2D eigenvalue weighted by Gasteiger charge is 2.19. The fourth-order valence-corrected chi connectivity index (χ4v) is 1.89. The molecule has 0 saturated heterocycles. The standard InChI is InChI=1S/C11H14FNO5S/c1-7(6-17-2)18-11(14)9-5-8(19(13,15)16)3-4-10(9)12/h3-5,7H,6H2,1-2H3,(H2,13,15,16). The molecule has 1 aromatic rings. The summed E-state index contributed by atoms with van der Waals surface area (Å²) in [7, 11) is -2.59. The van der Waals surface area contributed by atoms with Crippen LogP contribution in [0.2, 0.25) is 0 Å². The summed E-state index contributed by atoms with van der Waals surface area (Å²) >= 11 is 0. The number of sulfonamides is 1. The Bertz CT molecular complexity index is 572. The highest BCUT2D eigenvalue weighted by atomic mass is 32.2. The number of carbonyl (C=O) groups is 1. The Morgan fingerprint density at radius 1 is 1.47 bits per heavy atom. The first-order valence-electron chi connectivity index (χ1n) is 5.28. The van der Waals surface area contributed by atoms with E-state index in [-0.39, 0.29) is 11.5 Å². The van der Waals surface area contributed by atoms with Crippen LogP contribution < -0.4 is 5.14 Å². The molecule has 0 bridgehead atoms. The lowest BCUT2D eigenvalue weighted by molar-refractivity contribution is 0.0115. The van der Waals surface area contributed by atoms with Crippen molar-refractivity contribution in [3.05, 3.63) is 29.6 Å². The van der Waals surface area contributed by atoms with Crippen LogP contribution in [0.4, 0.5) is 4.39 Å². The minimum Gasteiger partial charge on any atom is -0.457 e. The maximum Gasteiger partial charge on any atom is 0.341 e. The minimum atomic E-state index is -4.01. The van der Waals surface area contributed by atoms with Gasteiger partial charge < -0.3 is 9.47 Å². The molecule has 0 amide bonds. The SMILES string of the molecule is COCC(C)OC(=O)c1cc(S(N)(=O)=O)ccc1F. The molecule has 6 nitrogen and oxygen atoms in total. The number of methoxy groups -OCH3 is 1. The molecule has 1 aromatic carbocycles. The van der Waals surface area contributed by atoms with Gasteiger partial charge in [0.25, 0.3) is 0 Å². The molecule has 0 aliphatic carbocycles. The average molecular weight is 291 g/mol. The molecule has 106 valence electrons. The summed E-state index contributed by atoms with van der Waals surface area (Å²) in [6.07, 6.45) is -0.588. The van der Waals surface area contributed by atoms with E-state index in [1.165, 1.54) is 7.11 Å². The normalized spacial score (nSPS) is 13.1. The fourth-order valence-electron chi connectivity index (χ4n) is 1.35. The lowest BCUT2D eigenvalue weighted by Gasteiger charge is -2.12. The third-order valence-corrected chi connectivity index (χ3v) is 3.11. The van der Waals surface area contributed by atoms with E-state index < -0.39 is 33.5 Å². The Morgan fingerprint density at radius 3 is 2.63 bits per heavy atom. The third kappa shape index (κ3) is 4.27. The molecule has 0 fully saturated rings. The van der Waals surface area contributed by atoms with E-state index in [1.807, 2.05) is 0 Å². The van der Waals surface area contributed by atoms with Gasteiger partial charge >= 0.3 is 5.97 Å². The Kier molecular flexibility index (Phi) is 4.98. The van der Waals surface area contributed by atoms with Gasteiger partial charge in [-0.1, -0.05) is 0 Å². The zero-order valence-corrected chi connectivity index (χ0v) is 11.2. The van der Waals surface area contributed by atoms with Gasteiger partial charge in [0.2, 0.25) is 10.0 Å². The van der Waals surface area contributed by atoms with Crippen LogP contribution in [-0.4, -0.2) is 34.2 Å². The van der Waals surface area contributed by atoms with E-state index in [2.05, 4.69) is 0 Å². The average Bonchev–Trinajstić information content (AvgIpc) is 2.27. The van der Waals surface area contributed by atoms with Crippen LogP contribution in [-0.2, 0) is 19.5 Å². The van der Waals surface area contributed by atoms with Crippen LogP contribution in [0.5, 0.6) is 0 Å². The van der Waals surface area contributed by atoms with Crippen molar-refractivity contribution in [3.63, 3.8) is 0 Å². The zero-order valence-electron chi connectivity index (χ0n) is 10.4. The number of hydrogen-bond donors (Lipinski definition) is 1. The predicted molar refractivity (Wildman–Crippen MR) is 64.5 cm³/mol. The van der Waals surface area contributed by atoms with E-state index in [4.69, 9.17) is 14.6 Å². The van der Waals surface area contributed by atoms with Crippen LogP contribution in [0.3, 0.4) is 0 Å². The van der Waals surface area contributed by atoms with Crippen molar-refractivity contribution in [1.29, 1.82) is 0 Å². The lowest BCUT2D eigenvalue weighted by Crippen LogP contribution is -2.21. The number of hydrogen-bond acceptors (Lipinski definition) is 5. The Hall–Kier alpha value is -1.51. The number of rotatable bonds is 5. The number of benzene rings is 1. The molecule has 2 N–H and O–H groups in total. The fraction of sp³-hybridized carbons (Fsp3) is 0.364. The molecular weight excluding hydrogens is 277 g/mol. The van der Waals surface area contributed by atoms with Crippen molar-refractivity contribution >= 4 is 16.0 Å². The number of carbonyl (C=O) groups excluding carboxylic acids is 1. The number of nitrogens with two attached hydrogens (primary N) is 1. The van der Waals surface area contributed by atoms with Gasteiger partial charge in [0.05, 0.1) is 17.1 Å². The molecule has 0 radical (unpaired) electrons.